The summed E-state index contributed by atoms with van der Waals surface area (Å²) in [5.74, 6) is -0.470. The predicted molar refractivity (Wildman–Crippen MR) is 80.7 cm³/mol. The average molecular weight is 312 g/mol. The SMILES string of the molecule is C=CCN(CC(=O)OCC)C(=O)c1ccc(Cl)cc1OC. The number of carbonyl (C=O) groups excluding carboxylic acids is 2. The largest absolute Gasteiger partial charge is 0.496 e. The molecule has 0 N–H and O–H groups in total. The molecule has 0 aliphatic carbocycles. The summed E-state index contributed by atoms with van der Waals surface area (Å²) in [4.78, 5) is 25.4. The van der Waals surface area contributed by atoms with Crippen molar-refractivity contribution in [1.29, 1.82) is 0 Å². The van der Waals surface area contributed by atoms with Gasteiger partial charge in [0.15, 0.2) is 0 Å². The summed E-state index contributed by atoms with van der Waals surface area (Å²) in [6.45, 7) is 5.64. The minimum atomic E-state index is -0.472. The number of ether oxygens (including phenoxy) is 2. The van der Waals surface area contributed by atoms with Crippen LogP contribution in [0.25, 0.3) is 0 Å². The maximum absolute atomic E-state index is 12.5. The minimum absolute atomic E-state index is 0.148. The highest BCUT2D eigenvalue weighted by molar-refractivity contribution is 6.30. The highest BCUT2D eigenvalue weighted by Gasteiger charge is 2.21. The van der Waals surface area contributed by atoms with E-state index >= 15 is 0 Å². The van der Waals surface area contributed by atoms with Gasteiger partial charge >= 0.3 is 5.97 Å². The van der Waals surface area contributed by atoms with Crippen molar-refractivity contribution in [2.24, 2.45) is 0 Å². The van der Waals surface area contributed by atoms with Crippen LogP contribution in [0.5, 0.6) is 5.75 Å². The van der Waals surface area contributed by atoms with Crippen LogP contribution in [0.2, 0.25) is 5.02 Å². The Morgan fingerprint density at radius 3 is 2.71 bits per heavy atom. The molecule has 0 radical (unpaired) electrons. The van der Waals surface area contributed by atoms with E-state index in [0.29, 0.717) is 16.3 Å². The highest BCUT2D eigenvalue weighted by atomic mass is 35.5. The molecular weight excluding hydrogens is 294 g/mol. The zero-order chi connectivity index (χ0) is 15.8. The summed E-state index contributed by atoms with van der Waals surface area (Å²) in [6, 6.07) is 4.70. The topological polar surface area (TPSA) is 55.8 Å². The van der Waals surface area contributed by atoms with Crippen LogP contribution in [0.1, 0.15) is 17.3 Å². The lowest BCUT2D eigenvalue weighted by atomic mass is 10.1. The molecule has 0 saturated carbocycles. The van der Waals surface area contributed by atoms with Gasteiger partial charge < -0.3 is 14.4 Å². The Kier molecular flexibility index (Phi) is 6.75. The Hall–Kier alpha value is -2.01. The number of halogens is 1. The van der Waals surface area contributed by atoms with Crippen molar-refractivity contribution in [3.05, 3.63) is 41.4 Å². The second-order valence-electron chi connectivity index (χ2n) is 4.12. The fourth-order valence-corrected chi connectivity index (χ4v) is 1.91. The van der Waals surface area contributed by atoms with Gasteiger partial charge in [0, 0.05) is 11.6 Å². The van der Waals surface area contributed by atoms with Gasteiger partial charge in [0.1, 0.15) is 12.3 Å². The molecule has 0 saturated heterocycles. The lowest BCUT2D eigenvalue weighted by Crippen LogP contribution is -2.36. The Morgan fingerprint density at radius 2 is 2.14 bits per heavy atom. The first-order chi connectivity index (χ1) is 10.0. The molecule has 1 aromatic rings. The molecule has 1 amide bonds. The molecule has 1 aromatic carbocycles. The Bertz CT molecular complexity index is 530. The predicted octanol–water partition coefficient (Wildman–Crippen LogP) is 2.54. The molecule has 0 aromatic heterocycles. The third-order valence-corrected chi connectivity index (χ3v) is 2.89. The molecule has 114 valence electrons. The monoisotopic (exact) mass is 311 g/mol. The van der Waals surface area contributed by atoms with E-state index in [1.54, 1.807) is 31.2 Å². The Morgan fingerprint density at radius 1 is 1.43 bits per heavy atom. The van der Waals surface area contributed by atoms with E-state index < -0.39 is 5.97 Å². The number of hydrogen-bond acceptors (Lipinski definition) is 4. The first-order valence-corrected chi connectivity index (χ1v) is 6.80. The van der Waals surface area contributed by atoms with Crippen LogP contribution < -0.4 is 4.74 Å². The molecule has 21 heavy (non-hydrogen) atoms. The van der Waals surface area contributed by atoms with Crippen molar-refractivity contribution >= 4 is 23.5 Å². The van der Waals surface area contributed by atoms with Gasteiger partial charge in [-0.3, -0.25) is 9.59 Å². The molecule has 5 nitrogen and oxygen atoms in total. The average Bonchev–Trinajstić information content (AvgIpc) is 2.46. The van der Waals surface area contributed by atoms with E-state index in [-0.39, 0.29) is 25.6 Å². The summed E-state index contributed by atoms with van der Waals surface area (Å²) in [7, 11) is 1.45. The zero-order valence-corrected chi connectivity index (χ0v) is 12.9. The van der Waals surface area contributed by atoms with Crippen molar-refractivity contribution in [2.45, 2.75) is 6.92 Å². The second-order valence-corrected chi connectivity index (χ2v) is 4.56. The summed E-state index contributed by atoms with van der Waals surface area (Å²) in [5, 5.41) is 0.462. The fraction of sp³-hybridized carbons (Fsp3) is 0.333. The van der Waals surface area contributed by atoms with Crippen molar-refractivity contribution in [3.63, 3.8) is 0 Å². The maximum atomic E-state index is 12.5. The first-order valence-electron chi connectivity index (χ1n) is 6.42. The van der Waals surface area contributed by atoms with E-state index in [0.717, 1.165) is 0 Å². The molecule has 6 heteroatoms. The second kappa shape index (κ2) is 8.32. The van der Waals surface area contributed by atoms with Crippen molar-refractivity contribution in [3.8, 4) is 5.75 Å². The summed E-state index contributed by atoms with van der Waals surface area (Å²) in [5.41, 5.74) is 0.327. The van der Waals surface area contributed by atoms with E-state index in [9.17, 15) is 9.59 Å². The van der Waals surface area contributed by atoms with E-state index in [2.05, 4.69) is 6.58 Å². The molecule has 0 unspecified atom stereocenters. The number of nitrogens with zero attached hydrogens (tertiary/aromatic N) is 1. The minimum Gasteiger partial charge on any atom is -0.496 e. The van der Waals surface area contributed by atoms with Crippen LogP contribution in [0.4, 0.5) is 0 Å². The van der Waals surface area contributed by atoms with Gasteiger partial charge in [-0.05, 0) is 25.1 Å². The van der Waals surface area contributed by atoms with Crippen LogP contribution in [0.3, 0.4) is 0 Å². The number of esters is 1. The molecule has 0 atom stereocenters. The molecule has 0 aliphatic heterocycles. The third kappa shape index (κ3) is 4.79. The van der Waals surface area contributed by atoms with Crippen LogP contribution in [-0.4, -0.2) is 43.6 Å². The Labute approximate surface area is 129 Å². The number of benzene rings is 1. The van der Waals surface area contributed by atoms with Crippen LogP contribution in [0, 0.1) is 0 Å². The summed E-state index contributed by atoms with van der Waals surface area (Å²) < 4.78 is 10.0. The normalized spacial score (nSPS) is 9.86. The smallest absolute Gasteiger partial charge is 0.325 e. The highest BCUT2D eigenvalue weighted by Crippen LogP contribution is 2.24. The van der Waals surface area contributed by atoms with Gasteiger partial charge in [0.2, 0.25) is 0 Å². The van der Waals surface area contributed by atoms with Crippen molar-refractivity contribution in [1.82, 2.24) is 4.90 Å². The number of carbonyl (C=O) groups is 2. The van der Waals surface area contributed by atoms with Gasteiger partial charge in [-0.1, -0.05) is 17.7 Å². The summed E-state index contributed by atoms with van der Waals surface area (Å²) >= 11 is 5.87. The lowest BCUT2D eigenvalue weighted by Gasteiger charge is -2.21. The number of hydrogen-bond donors (Lipinski definition) is 0. The molecule has 0 heterocycles. The van der Waals surface area contributed by atoms with E-state index in [1.807, 2.05) is 0 Å². The molecular formula is C15H18ClNO4. The van der Waals surface area contributed by atoms with Gasteiger partial charge in [-0.25, -0.2) is 0 Å². The molecule has 0 spiro atoms. The quantitative estimate of drug-likeness (QED) is 0.573. The standard InChI is InChI=1S/C15H18ClNO4/c1-4-8-17(10-14(18)21-5-2)15(19)12-7-6-11(16)9-13(12)20-3/h4,6-7,9H,1,5,8,10H2,2-3H3. The number of rotatable bonds is 7. The van der Waals surface area contributed by atoms with Crippen molar-refractivity contribution < 1.29 is 19.1 Å². The maximum Gasteiger partial charge on any atom is 0.325 e. The van der Waals surface area contributed by atoms with E-state index in [4.69, 9.17) is 21.1 Å². The van der Waals surface area contributed by atoms with Crippen LogP contribution in [0.15, 0.2) is 30.9 Å². The van der Waals surface area contributed by atoms with Crippen LogP contribution >= 0.6 is 11.6 Å². The number of amides is 1. The van der Waals surface area contributed by atoms with Gasteiger partial charge in [0.05, 0.1) is 19.3 Å². The fourth-order valence-electron chi connectivity index (χ4n) is 1.75. The number of methoxy groups -OCH3 is 1. The lowest BCUT2D eigenvalue weighted by molar-refractivity contribution is -0.143. The third-order valence-electron chi connectivity index (χ3n) is 2.66. The molecule has 0 aliphatic rings. The van der Waals surface area contributed by atoms with Gasteiger partial charge in [0.25, 0.3) is 5.91 Å². The molecule has 1 rings (SSSR count). The van der Waals surface area contributed by atoms with Crippen molar-refractivity contribution in [2.75, 3.05) is 26.8 Å². The molecule has 0 bridgehead atoms. The Balaban J connectivity index is 3.00. The summed E-state index contributed by atoms with van der Waals surface area (Å²) in [6.07, 6.45) is 1.54. The zero-order valence-electron chi connectivity index (χ0n) is 12.1. The van der Waals surface area contributed by atoms with Crippen LogP contribution in [-0.2, 0) is 9.53 Å². The first kappa shape index (κ1) is 17.0. The molecule has 0 fully saturated rings. The van der Waals surface area contributed by atoms with Gasteiger partial charge in [-0.2, -0.15) is 0 Å². The van der Waals surface area contributed by atoms with Gasteiger partial charge in [-0.15, -0.1) is 6.58 Å². The van der Waals surface area contributed by atoms with E-state index in [1.165, 1.54) is 12.0 Å².